The molecule has 1 fully saturated rings. The molecule has 0 radical (unpaired) electrons. The Kier molecular flexibility index (Phi) is 8.03. The second kappa shape index (κ2) is 11.1. The Morgan fingerprint density at radius 3 is 2.49 bits per heavy atom. The van der Waals surface area contributed by atoms with Crippen LogP contribution in [0.25, 0.3) is 10.9 Å². The van der Waals surface area contributed by atoms with Gasteiger partial charge in [-0.15, -0.1) is 0 Å². The SMILES string of the molecule is Cc1c(NC(=O)c2ccc(OCCC(F)(F)F)cc2)ccc2cc(CNC3CCS(=O)(=O)CC3)cnc12. The molecule has 2 aromatic carbocycles. The summed E-state index contributed by atoms with van der Waals surface area (Å²) in [5, 5.41) is 7.19. The number of ether oxygens (including phenoxy) is 1. The van der Waals surface area contributed by atoms with Gasteiger partial charge in [0.1, 0.15) is 15.6 Å². The third-order valence-electron chi connectivity index (χ3n) is 6.33. The number of anilines is 1. The quantitative estimate of drug-likeness (QED) is 0.430. The fraction of sp³-hybridized carbons (Fsp3) is 0.385. The van der Waals surface area contributed by atoms with Crippen LogP contribution in [0, 0.1) is 6.92 Å². The summed E-state index contributed by atoms with van der Waals surface area (Å²) in [4.78, 5) is 17.3. The van der Waals surface area contributed by atoms with Gasteiger partial charge >= 0.3 is 6.18 Å². The van der Waals surface area contributed by atoms with Gasteiger partial charge in [-0.2, -0.15) is 13.2 Å². The van der Waals surface area contributed by atoms with Gasteiger partial charge in [0.2, 0.25) is 0 Å². The second-order valence-electron chi connectivity index (χ2n) is 9.15. The molecule has 0 saturated carbocycles. The molecule has 2 N–H and O–H groups in total. The number of alkyl halides is 3. The Labute approximate surface area is 213 Å². The highest BCUT2D eigenvalue weighted by atomic mass is 32.2. The Balaban J connectivity index is 1.36. The molecule has 0 bridgehead atoms. The number of nitrogens with one attached hydrogen (secondary N) is 2. The summed E-state index contributed by atoms with van der Waals surface area (Å²) < 4.78 is 65.0. The molecule has 1 saturated heterocycles. The summed E-state index contributed by atoms with van der Waals surface area (Å²) in [5.41, 5.74) is 3.47. The van der Waals surface area contributed by atoms with Gasteiger partial charge in [-0.05, 0) is 67.3 Å². The van der Waals surface area contributed by atoms with Crippen LogP contribution in [0.1, 0.15) is 40.7 Å². The maximum atomic E-state index is 12.7. The lowest BCUT2D eigenvalue weighted by molar-refractivity contribution is -0.139. The van der Waals surface area contributed by atoms with Crippen LogP contribution in [0.5, 0.6) is 5.75 Å². The molecule has 1 aliphatic rings. The Morgan fingerprint density at radius 2 is 1.81 bits per heavy atom. The van der Waals surface area contributed by atoms with Crippen molar-refractivity contribution in [1.29, 1.82) is 0 Å². The van der Waals surface area contributed by atoms with E-state index in [-0.39, 0.29) is 29.2 Å². The number of benzene rings is 2. The number of halogens is 3. The average Bonchev–Trinajstić information content (AvgIpc) is 2.84. The molecule has 0 spiro atoms. The van der Waals surface area contributed by atoms with E-state index in [9.17, 15) is 26.4 Å². The monoisotopic (exact) mass is 535 g/mol. The highest BCUT2D eigenvalue weighted by Crippen LogP contribution is 2.26. The van der Waals surface area contributed by atoms with E-state index in [1.165, 1.54) is 24.3 Å². The molecule has 0 unspecified atom stereocenters. The summed E-state index contributed by atoms with van der Waals surface area (Å²) in [5.74, 6) is 0.327. The molecule has 7 nitrogen and oxygen atoms in total. The van der Waals surface area contributed by atoms with E-state index < -0.39 is 29.0 Å². The lowest BCUT2D eigenvalue weighted by Crippen LogP contribution is -2.37. The van der Waals surface area contributed by atoms with Crippen molar-refractivity contribution >= 4 is 32.3 Å². The number of pyridine rings is 1. The summed E-state index contributed by atoms with van der Waals surface area (Å²) >= 11 is 0. The summed E-state index contributed by atoms with van der Waals surface area (Å²) in [6, 6.07) is 11.8. The van der Waals surface area contributed by atoms with Gasteiger partial charge in [-0.1, -0.05) is 6.07 Å². The van der Waals surface area contributed by atoms with Gasteiger partial charge in [0.05, 0.1) is 30.1 Å². The van der Waals surface area contributed by atoms with Crippen molar-refractivity contribution in [1.82, 2.24) is 10.3 Å². The van der Waals surface area contributed by atoms with Crippen LogP contribution >= 0.6 is 0 Å². The van der Waals surface area contributed by atoms with Crippen LogP contribution in [-0.4, -0.2) is 49.6 Å². The van der Waals surface area contributed by atoms with Gasteiger partial charge in [-0.3, -0.25) is 9.78 Å². The molecular formula is C26H28F3N3O4S. The predicted octanol–water partition coefficient (Wildman–Crippen LogP) is 4.79. The molecule has 11 heteroatoms. The van der Waals surface area contributed by atoms with Gasteiger partial charge in [0, 0.05) is 35.4 Å². The molecule has 198 valence electrons. The lowest BCUT2D eigenvalue weighted by atomic mass is 10.1. The minimum Gasteiger partial charge on any atom is -0.493 e. The Bertz CT molecular complexity index is 1360. The number of carbonyl (C=O) groups is 1. The second-order valence-corrected chi connectivity index (χ2v) is 11.5. The number of sulfone groups is 1. The van der Waals surface area contributed by atoms with Crippen LogP contribution in [0.3, 0.4) is 0 Å². The van der Waals surface area contributed by atoms with Gasteiger partial charge in [0.15, 0.2) is 0 Å². The average molecular weight is 536 g/mol. The zero-order valence-electron chi connectivity index (χ0n) is 20.3. The number of aromatic nitrogens is 1. The van der Waals surface area contributed by atoms with E-state index in [2.05, 4.69) is 15.6 Å². The molecule has 1 aromatic heterocycles. The highest BCUT2D eigenvalue weighted by molar-refractivity contribution is 7.91. The van der Waals surface area contributed by atoms with Crippen LogP contribution in [-0.2, 0) is 16.4 Å². The molecule has 1 amide bonds. The van der Waals surface area contributed by atoms with E-state index in [0.717, 1.165) is 22.0 Å². The zero-order chi connectivity index (χ0) is 26.6. The largest absolute Gasteiger partial charge is 0.493 e. The Morgan fingerprint density at radius 1 is 1.11 bits per heavy atom. The third-order valence-corrected chi connectivity index (χ3v) is 8.05. The van der Waals surface area contributed by atoms with Crippen molar-refractivity contribution in [3.8, 4) is 5.75 Å². The van der Waals surface area contributed by atoms with Crippen LogP contribution in [0.15, 0.2) is 48.7 Å². The summed E-state index contributed by atoms with van der Waals surface area (Å²) in [6.07, 6.45) is -2.34. The number of aryl methyl sites for hydroxylation is 1. The smallest absolute Gasteiger partial charge is 0.392 e. The molecule has 37 heavy (non-hydrogen) atoms. The number of fused-ring (bicyclic) bond motifs is 1. The van der Waals surface area contributed by atoms with Crippen LogP contribution in [0.2, 0.25) is 0 Å². The first-order valence-electron chi connectivity index (χ1n) is 11.9. The molecule has 0 atom stereocenters. The first-order chi connectivity index (χ1) is 17.5. The number of nitrogens with zero attached hydrogens (tertiary/aromatic N) is 1. The van der Waals surface area contributed by atoms with Crippen molar-refractivity contribution in [2.24, 2.45) is 0 Å². The van der Waals surface area contributed by atoms with E-state index in [1.807, 2.05) is 19.1 Å². The minimum atomic E-state index is -4.28. The van der Waals surface area contributed by atoms with Crippen LogP contribution < -0.4 is 15.4 Å². The van der Waals surface area contributed by atoms with E-state index in [4.69, 9.17) is 4.74 Å². The molecule has 0 aliphatic carbocycles. The number of hydrogen-bond donors (Lipinski definition) is 2. The topological polar surface area (TPSA) is 97.4 Å². The van der Waals surface area contributed by atoms with Crippen molar-refractivity contribution in [3.63, 3.8) is 0 Å². The molecule has 3 aromatic rings. The fourth-order valence-electron chi connectivity index (χ4n) is 4.16. The number of amides is 1. The first-order valence-corrected chi connectivity index (χ1v) is 13.7. The maximum Gasteiger partial charge on any atom is 0.392 e. The zero-order valence-corrected chi connectivity index (χ0v) is 21.1. The van der Waals surface area contributed by atoms with Crippen LogP contribution in [0.4, 0.5) is 18.9 Å². The predicted molar refractivity (Wildman–Crippen MR) is 136 cm³/mol. The summed E-state index contributed by atoms with van der Waals surface area (Å²) in [7, 11) is -2.89. The van der Waals surface area contributed by atoms with E-state index in [1.54, 1.807) is 12.3 Å². The van der Waals surface area contributed by atoms with Crippen molar-refractivity contribution in [2.75, 3.05) is 23.4 Å². The normalized spacial score (nSPS) is 16.0. The lowest BCUT2D eigenvalue weighted by Gasteiger charge is -2.23. The van der Waals surface area contributed by atoms with Crippen molar-refractivity contribution < 1.29 is 31.1 Å². The molecule has 4 rings (SSSR count). The third kappa shape index (κ3) is 7.42. The van der Waals surface area contributed by atoms with Crippen molar-refractivity contribution in [3.05, 3.63) is 65.4 Å². The Hall–Kier alpha value is -3.18. The summed E-state index contributed by atoms with van der Waals surface area (Å²) in [6.45, 7) is 1.96. The van der Waals surface area contributed by atoms with E-state index in [0.29, 0.717) is 30.6 Å². The molecular weight excluding hydrogens is 507 g/mol. The molecule has 1 aliphatic heterocycles. The van der Waals surface area contributed by atoms with Gasteiger partial charge in [0.25, 0.3) is 5.91 Å². The van der Waals surface area contributed by atoms with Gasteiger partial charge < -0.3 is 15.4 Å². The number of hydrogen-bond acceptors (Lipinski definition) is 6. The maximum absolute atomic E-state index is 12.7. The fourth-order valence-corrected chi connectivity index (χ4v) is 5.65. The minimum absolute atomic E-state index is 0.166. The number of carbonyl (C=O) groups excluding carboxylic acids is 1. The first kappa shape index (κ1) is 26.9. The number of rotatable bonds is 8. The van der Waals surface area contributed by atoms with Crippen molar-refractivity contribution in [2.45, 2.75) is 44.9 Å². The highest BCUT2D eigenvalue weighted by Gasteiger charge is 2.27. The van der Waals surface area contributed by atoms with Gasteiger partial charge in [-0.25, -0.2) is 8.42 Å². The standard InChI is InChI=1S/C26H28F3N3O4S/c1-17-23(32-25(33)19-2-5-22(6-3-19)36-11-10-26(27,28)29)7-4-20-14-18(16-31-24(17)20)15-30-21-8-12-37(34,35)13-9-21/h2-7,14,16,21,30H,8-13,15H2,1H3,(H,32,33). The molecule has 2 heterocycles. The van der Waals surface area contributed by atoms with E-state index >= 15 is 0 Å².